The van der Waals surface area contributed by atoms with Gasteiger partial charge in [-0.15, -0.1) is 5.26 Å². The average molecular weight is 163 g/mol. The fourth-order valence-corrected chi connectivity index (χ4v) is 0.858. The first-order valence-electron chi connectivity index (χ1n) is 3.66. The van der Waals surface area contributed by atoms with Crippen molar-refractivity contribution in [1.29, 1.82) is 5.26 Å². The Bertz CT molecular complexity index is 291. The minimum atomic E-state index is 0.460. The third-order valence-electron chi connectivity index (χ3n) is 1.30. The maximum absolute atomic E-state index is 8.28. The van der Waals surface area contributed by atoms with Crippen LogP contribution in [0.5, 0.6) is 11.5 Å². The second-order valence-corrected chi connectivity index (χ2v) is 2.07. The summed E-state index contributed by atoms with van der Waals surface area (Å²) in [7, 11) is 0. The van der Waals surface area contributed by atoms with Crippen LogP contribution in [0.25, 0.3) is 0 Å². The fourth-order valence-electron chi connectivity index (χ4n) is 0.858. The fraction of sp³-hybridized carbons (Fsp3) is 0.222. The van der Waals surface area contributed by atoms with Gasteiger partial charge in [0.25, 0.3) is 6.26 Å². The molecule has 3 nitrogen and oxygen atoms in total. The van der Waals surface area contributed by atoms with Gasteiger partial charge in [-0.25, -0.2) is 0 Å². The highest BCUT2D eigenvalue weighted by Crippen LogP contribution is 2.25. The first-order chi connectivity index (χ1) is 5.88. The van der Waals surface area contributed by atoms with Crippen molar-refractivity contribution in [3.8, 4) is 17.8 Å². The maximum Gasteiger partial charge on any atom is 0.292 e. The first kappa shape index (κ1) is 8.41. The molecule has 62 valence electrons. The normalized spacial score (nSPS) is 8.67. The second kappa shape index (κ2) is 4.24. The van der Waals surface area contributed by atoms with Gasteiger partial charge in [-0.05, 0) is 19.1 Å². The molecule has 0 atom stereocenters. The lowest BCUT2D eigenvalue weighted by atomic mass is 10.3. The summed E-state index contributed by atoms with van der Waals surface area (Å²) in [5, 5.41) is 8.28. The number of para-hydroxylation sites is 2. The van der Waals surface area contributed by atoms with Crippen LogP contribution < -0.4 is 9.47 Å². The number of rotatable bonds is 3. The lowest BCUT2D eigenvalue weighted by Crippen LogP contribution is -1.94. The molecule has 0 heterocycles. The van der Waals surface area contributed by atoms with E-state index in [0.717, 1.165) is 0 Å². The van der Waals surface area contributed by atoms with Crippen molar-refractivity contribution in [1.82, 2.24) is 0 Å². The zero-order valence-electron chi connectivity index (χ0n) is 6.78. The third-order valence-corrected chi connectivity index (χ3v) is 1.30. The average Bonchev–Trinajstić information content (AvgIpc) is 2.09. The molecule has 0 amide bonds. The Kier molecular flexibility index (Phi) is 2.97. The quantitative estimate of drug-likeness (QED) is 0.639. The van der Waals surface area contributed by atoms with Gasteiger partial charge in [0.1, 0.15) is 0 Å². The molecule has 0 N–H and O–H groups in total. The zero-order valence-corrected chi connectivity index (χ0v) is 6.78. The van der Waals surface area contributed by atoms with Gasteiger partial charge in [-0.1, -0.05) is 12.1 Å². The van der Waals surface area contributed by atoms with Crippen molar-refractivity contribution in [2.75, 3.05) is 6.61 Å². The molecule has 0 fully saturated rings. The van der Waals surface area contributed by atoms with Crippen LogP contribution in [-0.2, 0) is 0 Å². The standard InChI is InChI=1S/C9H9NO2/c1-2-11-8-5-3-4-6-9(8)12-7-10/h3-6H,2H2,1H3. The van der Waals surface area contributed by atoms with Crippen molar-refractivity contribution in [2.24, 2.45) is 0 Å². The minimum Gasteiger partial charge on any atom is -0.490 e. The van der Waals surface area contributed by atoms with E-state index in [-0.39, 0.29) is 0 Å². The minimum absolute atomic E-state index is 0.460. The Hall–Kier alpha value is -1.69. The maximum atomic E-state index is 8.28. The highest BCUT2D eigenvalue weighted by Gasteiger charge is 2.01. The molecule has 0 bridgehead atoms. The first-order valence-corrected chi connectivity index (χ1v) is 3.66. The summed E-state index contributed by atoms with van der Waals surface area (Å²) in [5.74, 6) is 1.06. The summed E-state index contributed by atoms with van der Waals surface area (Å²) < 4.78 is 9.88. The van der Waals surface area contributed by atoms with Crippen LogP contribution in [0.15, 0.2) is 24.3 Å². The molecule has 0 unspecified atom stereocenters. The molecule has 1 rings (SSSR count). The number of benzene rings is 1. The highest BCUT2D eigenvalue weighted by molar-refractivity contribution is 5.39. The molecule has 0 aliphatic rings. The van der Waals surface area contributed by atoms with Crippen molar-refractivity contribution in [3.05, 3.63) is 24.3 Å². The van der Waals surface area contributed by atoms with E-state index in [1.807, 2.05) is 13.0 Å². The van der Waals surface area contributed by atoms with E-state index in [2.05, 4.69) is 4.74 Å². The molecule has 1 aromatic carbocycles. The van der Waals surface area contributed by atoms with Crippen LogP contribution in [0, 0.1) is 11.5 Å². The van der Waals surface area contributed by atoms with Gasteiger partial charge in [-0.2, -0.15) is 0 Å². The lowest BCUT2D eigenvalue weighted by molar-refractivity contribution is 0.323. The van der Waals surface area contributed by atoms with Crippen LogP contribution in [0.1, 0.15) is 6.92 Å². The van der Waals surface area contributed by atoms with Gasteiger partial charge in [0.2, 0.25) is 0 Å². The monoisotopic (exact) mass is 163 g/mol. The molecule has 0 aromatic heterocycles. The Labute approximate surface area is 71.1 Å². The van der Waals surface area contributed by atoms with E-state index < -0.39 is 0 Å². The Morgan fingerprint density at radius 2 is 2.00 bits per heavy atom. The molecule has 3 heteroatoms. The largest absolute Gasteiger partial charge is 0.490 e. The zero-order chi connectivity index (χ0) is 8.81. The summed E-state index contributed by atoms with van der Waals surface area (Å²) in [6.07, 6.45) is 1.60. The summed E-state index contributed by atoms with van der Waals surface area (Å²) in [5.41, 5.74) is 0. The molecule has 0 saturated carbocycles. The number of nitrogens with zero attached hydrogens (tertiary/aromatic N) is 1. The SMILES string of the molecule is CCOc1ccccc1OC#N. The second-order valence-electron chi connectivity index (χ2n) is 2.07. The van der Waals surface area contributed by atoms with Gasteiger partial charge in [-0.3, -0.25) is 0 Å². The third kappa shape index (κ3) is 1.89. The summed E-state index contributed by atoms with van der Waals surface area (Å²) in [4.78, 5) is 0. The number of hydrogen-bond acceptors (Lipinski definition) is 3. The predicted molar refractivity (Wildman–Crippen MR) is 43.9 cm³/mol. The van der Waals surface area contributed by atoms with Gasteiger partial charge in [0.05, 0.1) is 6.61 Å². The molecule has 0 radical (unpaired) electrons. The highest BCUT2D eigenvalue weighted by atomic mass is 16.5. The molecule has 1 aromatic rings. The molecule has 0 spiro atoms. The van der Waals surface area contributed by atoms with Crippen LogP contribution in [0.2, 0.25) is 0 Å². The van der Waals surface area contributed by atoms with Crippen LogP contribution in [0.3, 0.4) is 0 Å². The smallest absolute Gasteiger partial charge is 0.292 e. The summed E-state index contributed by atoms with van der Waals surface area (Å²) in [6, 6.07) is 7.06. The van der Waals surface area contributed by atoms with Crippen LogP contribution in [-0.4, -0.2) is 6.61 Å². The van der Waals surface area contributed by atoms with Crippen LogP contribution in [0.4, 0.5) is 0 Å². The molecule has 0 saturated heterocycles. The molecule has 0 aliphatic heterocycles. The van der Waals surface area contributed by atoms with E-state index in [0.29, 0.717) is 18.1 Å². The van der Waals surface area contributed by atoms with Crippen LogP contribution >= 0.6 is 0 Å². The Morgan fingerprint density at radius 3 is 2.58 bits per heavy atom. The molecular weight excluding hydrogens is 154 g/mol. The predicted octanol–water partition coefficient (Wildman–Crippen LogP) is 1.95. The summed E-state index contributed by atoms with van der Waals surface area (Å²) in [6.45, 7) is 2.44. The van der Waals surface area contributed by atoms with E-state index >= 15 is 0 Å². The van der Waals surface area contributed by atoms with Crippen molar-refractivity contribution >= 4 is 0 Å². The van der Waals surface area contributed by atoms with Gasteiger partial charge < -0.3 is 9.47 Å². The number of ether oxygens (including phenoxy) is 2. The Morgan fingerprint density at radius 1 is 1.33 bits per heavy atom. The van der Waals surface area contributed by atoms with Gasteiger partial charge >= 0.3 is 0 Å². The Balaban J connectivity index is 2.85. The van der Waals surface area contributed by atoms with E-state index in [1.54, 1.807) is 24.5 Å². The van der Waals surface area contributed by atoms with E-state index in [1.165, 1.54) is 0 Å². The number of hydrogen-bond donors (Lipinski definition) is 0. The van der Waals surface area contributed by atoms with E-state index in [4.69, 9.17) is 10.00 Å². The topological polar surface area (TPSA) is 42.2 Å². The van der Waals surface area contributed by atoms with E-state index in [9.17, 15) is 0 Å². The lowest BCUT2D eigenvalue weighted by Gasteiger charge is -2.05. The van der Waals surface area contributed by atoms with Gasteiger partial charge in [0, 0.05) is 0 Å². The molecular formula is C9H9NO2. The van der Waals surface area contributed by atoms with Crippen molar-refractivity contribution in [3.63, 3.8) is 0 Å². The molecule has 12 heavy (non-hydrogen) atoms. The summed E-state index contributed by atoms with van der Waals surface area (Å²) >= 11 is 0. The molecule has 0 aliphatic carbocycles. The van der Waals surface area contributed by atoms with Crippen molar-refractivity contribution in [2.45, 2.75) is 6.92 Å². The van der Waals surface area contributed by atoms with Crippen molar-refractivity contribution < 1.29 is 9.47 Å². The number of nitriles is 1. The van der Waals surface area contributed by atoms with Gasteiger partial charge in [0.15, 0.2) is 11.5 Å².